The molecule has 1 aliphatic rings. The molecule has 1 fully saturated rings. The molecule has 21 heavy (non-hydrogen) atoms. The number of morpholine rings is 1. The average Bonchev–Trinajstić information content (AvgIpc) is 2.85. The smallest absolute Gasteiger partial charge is 0.216 e. The van der Waals surface area contributed by atoms with E-state index in [1.165, 1.54) is 4.31 Å². The molecule has 0 amide bonds. The molecule has 0 spiro atoms. The van der Waals surface area contributed by atoms with Crippen molar-refractivity contribution in [2.75, 3.05) is 32.1 Å². The summed E-state index contributed by atoms with van der Waals surface area (Å²) in [5, 5.41) is 4.10. The molecular formula is C13H23N3O4S. The van der Waals surface area contributed by atoms with Crippen LogP contribution >= 0.6 is 0 Å². The van der Waals surface area contributed by atoms with E-state index in [2.05, 4.69) is 5.10 Å². The third-order valence-electron chi connectivity index (χ3n) is 3.31. The molecule has 0 aliphatic carbocycles. The van der Waals surface area contributed by atoms with E-state index >= 15 is 0 Å². The lowest BCUT2D eigenvalue weighted by Crippen LogP contribution is -2.43. The molecule has 2 heterocycles. The molecule has 1 aromatic rings. The number of sulfonamides is 1. The zero-order valence-corrected chi connectivity index (χ0v) is 13.5. The Bertz CT molecular complexity index is 556. The lowest BCUT2D eigenvalue weighted by atomic mass is 10.2. The molecule has 1 aromatic heterocycles. The number of nitrogens with zero attached hydrogens (tertiary/aromatic N) is 3. The monoisotopic (exact) mass is 317 g/mol. The van der Waals surface area contributed by atoms with E-state index < -0.39 is 10.0 Å². The van der Waals surface area contributed by atoms with Crippen molar-refractivity contribution in [2.24, 2.45) is 7.05 Å². The highest BCUT2D eigenvalue weighted by molar-refractivity contribution is 7.89. The Morgan fingerprint density at radius 1 is 1.52 bits per heavy atom. The Balaban J connectivity index is 1.96. The van der Waals surface area contributed by atoms with Gasteiger partial charge in [-0.3, -0.25) is 4.68 Å². The largest absolute Gasteiger partial charge is 0.378 e. The van der Waals surface area contributed by atoms with Crippen LogP contribution in [0, 0.1) is 0 Å². The van der Waals surface area contributed by atoms with E-state index in [-0.39, 0.29) is 24.6 Å². The zero-order chi connectivity index (χ0) is 15.5. The predicted molar refractivity (Wildman–Crippen MR) is 78.3 cm³/mol. The number of hydrogen-bond donors (Lipinski definition) is 0. The summed E-state index contributed by atoms with van der Waals surface area (Å²) in [6.45, 7) is 5.11. The summed E-state index contributed by atoms with van der Waals surface area (Å²) in [6.07, 6.45) is 3.34. The van der Waals surface area contributed by atoms with Gasteiger partial charge in [0.1, 0.15) is 0 Å². The molecule has 1 unspecified atom stereocenters. The van der Waals surface area contributed by atoms with Crippen molar-refractivity contribution in [3.8, 4) is 0 Å². The van der Waals surface area contributed by atoms with Crippen LogP contribution in [-0.4, -0.2) is 60.7 Å². The molecule has 7 nitrogen and oxygen atoms in total. The van der Waals surface area contributed by atoms with Gasteiger partial charge in [0.2, 0.25) is 10.0 Å². The average molecular weight is 317 g/mol. The van der Waals surface area contributed by atoms with Crippen molar-refractivity contribution in [1.29, 1.82) is 0 Å². The first kappa shape index (κ1) is 16.4. The van der Waals surface area contributed by atoms with Gasteiger partial charge in [0, 0.05) is 31.9 Å². The van der Waals surface area contributed by atoms with Crippen LogP contribution in [-0.2, 0) is 26.5 Å². The fraction of sp³-hybridized carbons (Fsp3) is 0.769. The van der Waals surface area contributed by atoms with Crippen molar-refractivity contribution in [3.05, 3.63) is 18.0 Å². The maximum Gasteiger partial charge on any atom is 0.216 e. The van der Waals surface area contributed by atoms with Crippen LogP contribution in [0.15, 0.2) is 12.4 Å². The lowest BCUT2D eigenvalue weighted by molar-refractivity contribution is -0.00293. The van der Waals surface area contributed by atoms with E-state index in [1.807, 2.05) is 27.1 Å². The van der Waals surface area contributed by atoms with E-state index in [0.29, 0.717) is 19.7 Å². The first-order valence-corrected chi connectivity index (χ1v) is 8.69. The van der Waals surface area contributed by atoms with Gasteiger partial charge < -0.3 is 9.47 Å². The topological polar surface area (TPSA) is 73.7 Å². The summed E-state index contributed by atoms with van der Waals surface area (Å²) in [6, 6.07) is 0. The first-order chi connectivity index (χ1) is 9.88. The Morgan fingerprint density at radius 2 is 2.29 bits per heavy atom. The molecule has 120 valence electrons. The van der Waals surface area contributed by atoms with Gasteiger partial charge in [-0.2, -0.15) is 9.40 Å². The van der Waals surface area contributed by atoms with Crippen molar-refractivity contribution in [2.45, 2.75) is 26.1 Å². The second kappa shape index (κ2) is 6.87. The van der Waals surface area contributed by atoms with Crippen LogP contribution in [0.2, 0.25) is 0 Å². The van der Waals surface area contributed by atoms with Gasteiger partial charge in [0.15, 0.2) is 0 Å². The molecule has 1 saturated heterocycles. The molecular weight excluding hydrogens is 294 g/mol. The summed E-state index contributed by atoms with van der Waals surface area (Å²) in [4.78, 5) is 0. The van der Waals surface area contributed by atoms with Crippen LogP contribution in [0.4, 0.5) is 0 Å². The predicted octanol–water partition coefficient (Wildman–Crippen LogP) is 0.548. The second-order valence-electron chi connectivity index (χ2n) is 5.40. The van der Waals surface area contributed by atoms with Crippen molar-refractivity contribution >= 4 is 10.0 Å². The van der Waals surface area contributed by atoms with Gasteiger partial charge >= 0.3 is 0 Å². The summed E-state index contributed by atoms with van der Waals surface area (Å²) < 4.78 is 38.8. The van der Waals surface area contributed by atoms with Gasteiger partial charge in [-0.15, -0.1) is 0 Å². The number of ether oxygens (including phenoxy) is 2. The third kappa shape index (κ3) is 4.50. The molecule has 0 saturated carbocycles. The minimum absolute atomic E-state index is 0.00490. The highest BCUT2D eigenvalue weighted by Crippen LogP contribution is 2.23. The van der Waals surface area contributed by atoms with E-state index in [0.717, 1.165) is 5.56 Å². The Morgan fingerprint density at radius 3 is 2.90 bits per heavy atom. The Kier molecular flexibility index (Phi) is 5.37. The van der Waals surface area contributed by atoms with Gasteiger partial charge in [0.25, 0.3) is 0 Å². The normalized spacial score (nSPS) is 21.0. The quantitative estimate of drug-likeness (QED) is 0.766. The van der Waals surface area contributed by atoms with Crippen molar-refractivity contribution in [1.82, 2.24) is 14.1 Å². The SMILES string of the molecule is CC(C)OCCS(=O)(=O)N1CCOC(c2cnn(C)c2)C1. The van der Waals surface area contributed by atoms with Crippen LogP contribution in [0.1, 0.15) is 25.5 Å². The highest BCUT2D eigenvalue weighted by Gasteiger charge is 2.30. The summed E-state index contributed by atoms with van der Waals surface area (Å²) in [5.74, 6) is 0.00490. The van der Waals surface area contributed by atoms with Crippen molar-refractivity contribution < 1.29 is 17.9 Å². The van der Waals surface area contributed by atoms with E-state index in [1.54, 1.807) is 10.9 Å². The number of rotatable bonds is 6. The van der Waals surface area contributed by atoms with Crippen LogP contribution < -0.4 is 0 Å². The van der Waals surface area contributed by atoms with Crippen LogP contribution in [0.5, 0.6) is 0 Å². The summed E-state index contributed by atoms with van der Waals surface area (Å²) >= 11 is 0. The molecule has 0 radical (unpaired) electrons. The Hall–Kier alpha value is -0.960. The molecule has 8 heteroatoms. The fourth-order valence-electron chi connectivity index (χ4n) is 2.20. The lowest BCUT2D eigenvalue weighted by Gasteiger charge is -2.31. The maximum atomic E-state index is 12.3. The van der Waals surface area contributed by atoms with Crippen LogP contribution in [0.3, 0.4) is 0 Å². The van der Waals surface area contributed by atoms with Gasteiger partial charge in [-0.25, -0.2) is 8.42 Å². The van der Waals surface area contributed by atoms with Gasteiger partial charge in [-0.05, 0) is 13.8 Å². The second-order valence-corrected chi connectivity index (χ2v) is 7.49. The number of hydrogen-bond acceptors (Lipinski definition) is 5. The van der Waals surface area contributed by atoms with Gasteiger partial charge in [0.05, 0.1) is 37.4 Å². The molecule has 0 bridgehead atoms. The number of aromatic nitrogens is 2. The molecule has 1 aliphatic heterocycles. The standard InChI is InChI=1S/C13H23N3O4S/c1-11(2)19-6-7-21(17,18)16-4-5-20-13(10-16)12-8-14-15(3)9-12/h8-9,11,13H,4-7,10H2,1-3H3. The maximum absolute atomic E-state index is 12.3. The molecule has 0 aromatic carbocycles. The van der Waals surface area contributed by atoms with Gasteiger partial charge in [-0.1, -0.05) is 0 Å². The molecule has 2 rings (SSSR count). The minimum Gasteiger partial charge on any atom is -0.378 e. The Labute approximate surface area is 125 Å². The highest BCUT2D eigenvalue weighted by atomic mass is 32.2. The minimum atomic E-state index is -3.31. The summed E-state index contributed by atoms with van der Waals surface area (Å²) in [7, 11) is -1.49. The third-order valence-corrected chi connectivity index (χ3v) is 5.11. The summed E-state index contributed by atoms with van der Waals surface area (Å²) in [5.41, 5.74) is 0.899. The van der Waals surface area contributed by atoms with E-state index in [4.69, 9.17) is 9.47 Å². The van der Waals surface area contributed by atoms with Crippen molar-refractivity contribution in [3.63, 3.8) is 0 Å². The molecule has 1 atom stereocenters. The zero-order valence-electron chi connectivity index (χ0n) is 12.7. The van der Waals surface area contributed by atoms with Crippen LogP contribution in [0.25, 0.3) is 0 Å². The molecule has 0 N–H and O–H groups in total. The number of aryl methyl sites for hydroxylation is 1. The fourth-order valence-corrected chi connectivity index (χ4v) is 3.48. The first-order valence-electron chi connectivity index (χ1n) is 7.08. The van der Waals surface area contributed by atoms with E-state index in [9.17, 15) is 8.42 Å².